The van der Waals surface area contributed by atoms with Crippen molar-refractivity contribution in [3.05, 3.63) is 28.8 Å². The SMILES string of the molecule is Cc1cc2c(c(C(C)C)c1)CCCN2. The zero-order valence-corrected chi connectivity index (χ0v) is 9.35. The number of hydrogen-bond donors (Lipinski definition) is 1. The molecule has 1 nitrogen and oxygen atoms in total. The molecule has 0 atom stereocenters. The second-order valence-electron chi connectivity index (χ2n) is 4.57. The van der Waals surface area contributed by atoms with Gasteiger partial charge in [0.2, 0.25) is 0 Å². The smallest absolute Gasteiger partial charge is 0.0378 e. The van der Waals surface area contributed by atoms with Gasteiger partial charge in [-0.15, -0.1) is 0 Å². The van der Waals surface area contributed by atoms with E-state index in [0.29, 0.717) is 5.92 Å². The highest BCUT2D eigenvalue weighted by Crippen LogP contribution is 2.31. The van der Waals surface area contributed by atoms with E-state index in [1.165, 1.54) is 29.7 Å². The summed E-state index contributed by atoms with van der Waals surface area (Å²) in [5, 5.41) is 3.50. The lowest BCUT2D eigenvalue weighted by atomic mass is 9.89. The van der Waals surface area contributed by atoms with Gasteiger partial charge in [0.25, 0.3) is 0 Å². The van der Waals surface area contributed by atoms with Crippen LogP contribution in [0.3, 0.4) is 0 Å². The van der Waals surface area contributed by atoms with Gasteiger partial charge in [0, 0.05) is 12.2 Å². The molecular weight excluding hydrogens is 170 g/mol. The summed E-state index contributed by atoms with van der Waals surface area (Å²) in [4.78, 5) is 0. The summed E-state index contributed by atoms with van der Waals surface area (Å²) in [6.07, 6.45) is 2.52. The van der Waals surface area contributed by atoms with E-state index in [2.05, 4.69) is 38.2 Å². The van der Waals surface area contributed by atoms with E-state index in [-0.39, 0.29) is 0 Å². The molecule has 0 radical (unpaired) electrons. The maximum absolute atomic E-state index is 3.50. The summed E-state index contributed by atoms with van der Waals surface area (Å²) in [6, 6.07) is 4.62. The molecule has 0 spiro atoms. The quantitative estimate of drug-likeness (QED) is 0.713. The van der Waals surface area contributed by atoms with Gasteiger partial charge in [-0.05, 0) is 48.4 Å². The third kappa shape index (κ3) is 1.63. The maximum Gasteiger partial charge on any atom is 0.0378 e. The van der Waals surface area contributed by atoms with Crippen LogP contribution in [0, 0.1) is 6.92 Å². The highest BCUT2D eigenvalue weighted by molar-refractivity contribution is 5.59. The van der Waals surface area contributed by atoms with Crippen molar-refractivity contribution in [1.29, 1.82) is 0 Å². The highest BCUT2D eigenvalue weighted by atomic mass is 14.9. The fourth-order valence-electron chi connectivity index (χ4n) is 2.28. The fourth-order valence-corrected chi connectivity index (χ4v) is 2.28. The molecule has 2 rings (SSSR count). The van der Waals surface area contributed by atoms with E-state index in [9.17, 15) is 0 Å². The molecule has 76 valence electrons. The summed E-state index contributed by atoms with van der Waals surface area (Å²) in [5.41, 5.74) is 5.84. The van der Waals surface area contributed by atoms with Gasteiger partial charge in [0.1, 0.15) is 0 Å². The largest absolute Gasteiger partial charge is 0.385 e. The molecule has 1 heterocycles. The minimum atomic E-state index is 0.642. The topological polar surface area (TPSA) is 12.0 Å². The first-order valence-corrected chi connectivity index (χ1v) is 5.56. The zero-order valence-electron chi connectivity index (χ0n) is 9.35. The number of aryl methyl sites for hydroxylation is 1. The molecular formula is C13H19N. The van der Waals surface area contributed by atoms with E-state index < -0.39 is 0 Å². The number of fused-ring (bicyclic) bond motifs is 1. The first kappa shape index (κ1) is 9.57. The second kappa shape index (κ2) is 3.64. The minimum absolute atomic E-state index is 0.642. The van der Waals surface area contributed by atoms with Gasteiger partial charge in [-0.3, -0.25) is 0 Å². The first-order valence-electron chi connectivity index (χ1n) is 5.56. The molecule has 0 saturated heterocycles. The number of rotatable bonds is 1. The molecule has 0 amide bonds. The van der Waals surface area contributed by atoms with Crippen LogP contribution in [0.5, 0.6) is 0 Å². The Bertz CT molecular complexity index is 339. The van der Waals surface area contributed by atoms with Crippen molar-refractivity contribution in [2.75, 3.05) is 11.9 Å². The van der Waals surface area contributed by atoms with Gasteiger partial charge in [-0.2, -0.15) is 0 Å². The molecule has 1 aliphatic rings. The Balaban J connectivity index is 2.52. The molecule has 0 saturated carbocycles. The van der Waals surface area contributed by atoms with Gasteiger partial charge < -0.3 is 5.32 Å². The molecule has 0 fully saturated rings. The molecule has 14 heavy (non-hydrogen) atoms. The van der Waals surface area contributed by atoms with E-state index >= 15 is 0 Å². The zero-order chi connectivity index (χ0) is 10.1. The highest BCUT2D eigenvalue weighted by Gasteiger charge is 2.14. The number of hydrogen-bond acceptors (Lipinski definition) is 1. The van der Waals surface area contributed by atoms with Crippen LogP contribution >= 0.6 is 0 Å². The van der Waals surface area contributed by atoms with Gasteiger partial charge >= 0.3 is 0 Å². The second-order valence-corrected chi connectivity index (χ2v) is 4.57. The van der Waals surface area contributed by atoms with Crippen LogP contribution in [-0.2, 0) is 6.42 Å². The van der Waals surface area contributed by atoms with Crippen LogP contribution in [0.4, 0.5) is 5.69 Å². The Morgan fingerprint density at radius 3 is 2.79 bits per heavy atom. The summed E-state index contributed by atoms with van der Waals surface area (Å²) < 4.78 is 0. The Morgan fingerprint density at radius 2 is 2.07 bits per heavy atom. The van der Waals surface area contributed by atoms with Gasteiger partial charge in [0.15, 0.2) is 0 Å². The van der Waals surface area contributed by atoms with Crippen LogP contribution in [0.15, 0.2) is 12.1 Å². The number of anilines is 1. The van der Waals surface area contributed by atoms with Crippen molar-refractivity contribution in [2.45, 2.75) is 39.5 Å². The molecule has 1 aliphatic heterocycles. The van der Waals surface area contributed by atoms with E-state index in [1.807, 2.05) is 0 Å². The fraction of sp³-hybridized carbons (Fsp3) is 0.538. The lowest BCUT2D eigenvalue weighted by Gasteiger charge is -2.23. The Labute approximate surface area is 86.5 Å². The average Bonchev–Trinajstić information content (AvgIpc) is 2.16. The van der Waals surface area contributed by atoms with Gasteiger partial charge in [-0.25, -0.2) is 0 Å². The van der Waals surface area contributed by atoms with Crippen molar-refractivity contribution < 1.29 is 0 Å². The van der Waals surface area contributed by atoms with E-state index in [4.69, 9.17) is 0 Å². The van der Waals surface area contributed by atoms with Crippen molar-refractivity contribution in [3.63, 3.8) is 0 Å². The monoisotopic (exact) mass is 189 g/mol. The first-order chi connectivity index (χ1) is 6.68. The number of benzene rings is 1. The van der Waals surface area contributed by atoms with Gasteiger partial charge in [-0.1, -0.05) is 19.9 Å². The lowest BCUT2D eigenvalue weighted by Crippen LogP contribution is -2.14. The average molecular weight is 189 g/mol. The molecule has 0 bridgehead atoms. The summed E-state index contributed by atoms with van der Waals surface area (Å²) in [7, 11) is 0. The number of nitrogens with one attached hydrogen (secondary N) is 1. The normalized spacial score (nSPS) is 15.1. The van der Waals surface area contributed by atoms with Crippen molar-refractivity contribution in [3.8, 4) is 0 Å². The molecule has 1 aromatic carbocycles. The van der Waals surface area contributed by atoms with Crippen LogP contribution in [-0.4, -0.2) is 6.54 Å². The molecule has 1 aromatic rings. The summed E-state index contributed by atoms with van der Waals surface area (Å²) in [6.45, 7) is 7.88. The predicted octanol–water partition coefficient (Wildman–Crippen LogP) is 3.48. The molecule has 0 aromatic heterocycles. The van der Waals surface area contributed by atoms with Crippen LogP contribution < -0.4 is 5.32 Å². The standard InChI is InChI=1S/C13H19N/c1-9(2)12-7-10(3)8-13-11(12)5-4-6-14-13/h7-9,14H,4-6H2,1-3H3. The Hall–Kier alpha value is -0.980. The maximum atomic E-state index is 3.50. The predicted molar refractivity (Wildman–Crippen MR) is 62.1 cm³/mol. The third-order valence-electron chi connectivity index (χ3n) is 2.97. The molecule has 1 heteroatoms. The van der Waals surface area contributed by atoms with Gasteiger partial charge in [0.05, 0.1) is 0 Å². The van der Waals surface area contributed by atoms with Crippen molar-refractivity contribution in [2.24, 2.45) is 0 Å². The lowest BCUT2D eigenvalue weighted by molar-refractivity contribution is 0.781. The molecule has 1 N–H and O–H groups in total. The van der Waals surface area contributed by atoms with Crippen molar-refractivity contribution in [1.82, 2.24) is 0 Å². The summed E-state index contributed by atoms with van der Waals surface area (Å²) in [5.74, 6) is 0.642. The van der Waals surface area contributed by atoms with Crippen molar-refractivity contribution >= 4 is 5.69 Å². The molecule has 0 unspecified atom stereocenters. The Kier molecular flexibility index (Phi) is 2.49. The van der Waals surface area contributed by atoms with E-state index in [1.54, 1.807) is 5.56 Å². The summed E-state index contributed by atoms with van der Waals surface area (Å²) >= 11 is 0. The third-order valence-corrected chi connectivity index (χ3v) is 2.97. The van der Waals surface area contributed by atoms with Crippen LogP contribution in [0.1, 0.15) is 42.9 Å². The minimum Gasteiger partial charge on any atom is -0.385 e. The van der Waals surface area contributed by atoms with E-state index in [0.717, 1.165) is 6.54 Å². The van der Waals surface area contributed by atoms with Crippen LogP contribution in [0.2, 0.25) is 0 Å². The van der Waals surface area contributed by atoms with Crippen LogP contribution in [0.25, 0.3) is 0 Å². The Morgan fingerprint density at radius 1 is 1.29 bits per heavy atom. The molecule has 0 aliphatic carbocycles.